The maximum absolute atomic E-state index is 14.0. The summed E-state index contributed by atoms with van der Waals surface area (Å²) in [6.45, 7) is 5.63. The minimum atomic E-state index is -0.190. The van der Waals surface area contributed by atoms with Crippen molar-refractivity contribution in [3.63, 3.8) is 0 Å². The number of hydrogen-bond acceptors (Lipinski definition) is 4. The first-order valence-corrected chi connectivity index (χ1v) is 13.8. The molecule has 0 atom stereocenters. The number of amides is 2. The Morgan fingerprint density at radius 2 is 0.875 bits per heavy atom. The normalized spacial score (nSPS) is 10.6. The Bertz CT molecular complexity index is 1270. The monoisotopic (exact) mass is 536 g/mol. The SMILES string of the molecule is CCCOc1ccccc1C(=O)N(CCN(C(=O)c1ccccc1OCCC)c1ccccc1)c1ccccc1. The van der Waals surface area contributed by atoms with Gasteiger partial charge in [-0.15, -0.1) is 0 Å². The zero-order valence-corrected chi connectivity index (χ0v) is 23.2. The van der Waals surface area contributed by atoms with Gasteiger partial charge in [0.1, 0.15) is 11.5 Å². The van der Waals surface area contributed by atoms with Crippen LogP contribution in [0.25, 0.3) is 0 Å². The lowest BCUT2D eigenvalue weighted by atomic mass is 10.1. The second-order valence-corrected chi connectivity index (χ2v) is 9.27. The summed E-state index contributed by atoms with van der Waals surface area (Å²) in [5.41, 5.74) is 2.45. The van der Waals surface area contributed by atoms with E-state index in [4.69, 9.17) is 9.47 Å². The van der Waals surface area contributed by atoms with Gasteiger partial charge in [-0.25, -0.2) is 0 Å². The lowest BCUT2D eigenvalue weighted by molar-refractivity contribution is 0.0963. The molecule has 0 saturated carbocycles. The van der Waals surface area contributed by atoms with Crippen LogP contribution in [0.5, 0.6) is 11.5 Å². The zero-order chi connectivity index (χ0) is 28.2. The number of anilines is 2. The second-order valence-electron chi connectivity index (χ2n) is 9.27. The number of benzene rings is 4. The van der Waals surface area contributed by atoms with Crippen LogP contribution >= 0.6 is 0 Å². The molecule has 0 aromatic heterocycles. The van der Waals surface area contributed by atoms with Gasteiger partial charge >= 0.3 is 0 Å². The van der Waals surface area contributed by atoms with Crippen molar-refractivity contribution in [3.8, 4) is 11.5 Å². The van der Waals surface area contributed by atoms with Crippen LogP contribution in [0.4, 0.5) is 11.4 Å². The van der Waals surface area contributed by atoms with Gasteiger partial charge in [-0.05, 0) is 61.4 Å². The van der Waals surface area contributed by atoms with Crippen LogP contribution in [0, 0.1) is 0 Å². The summed E-state index contributed by atoms with van der Waals surface area (Å²) in [5, 5.41) is 0. The van der Waals surface area contributed by atoms with Crippen molar-refractivity contribution >= 4 is 23.2 Å². The maximum Gasteiger partial charge on any atom is 0.262 e. The van der Waals surface area contributed by atoms with Crippen molar-refractivity contribution < 1.29 is 19.1 Å². The van der Waals surface area contributed by atoms with Crippen molar-refractivity contribution in [3.05, 3.63) is 120 Å². The smallest absolute Gasteiger partial charge is 0.262 e. The standard InChI is InChI=1S/C34H36N2O4/c1-3-25-39-31-21-13-11-19-29(31)33(37)35(27-15-7-5-8-16-27)23-24-36(28-17-9-6-10-18-28)34(38)30-20-12-14-22-32(30)40-26-4-2/h5-22H,3-4,23-26H2,1-2H3. The van der Waals surface area contributed by atoms with Crippen molar-refractivity contribution in [2.75, 3.05) is 36.1 Å². The number of carbonyl (C=O) groups excluding carboxylic acids is 2. The van der Waals surface area contributed by atoms with Crippen LogP contribution in [-0.2, 0) is 0 Å². The maximum atomic E-state index is 14.0. The summed E-state index contributed by atoms with van der Waals surface area (Å²) >= 11 is 0. The average Bonchev–Trinajstić information content (AvgIpc) is 3.01. The summed E-state index contributed by atoms with van der Waals surface area (Å²) in [4.78, 5) is 31.4. The molecule has 6 nitrogen and oxygen atoms in total. The van der Waals surface area contributed by atoms with E-state index in [1.54, 1.807) is 21.9 Å². The van der Waals surface area contributed by atoms with E-state index in [1.807, 2.05) is 111 Å². The van der Waals surface area contributed by atoms with Crippen LogP contribution in [0.1, 0.15) is 47.4 Å². The molecule has 6 heteroatoms. The fourth-order valence-electron chi connectivity index (χ4n) is 4.36. The van der Waals surface area contributed by atoms with Gasteiger partial charge in [-0.2, -0.15) is 0 Å². The van der Waals surface area contributed by atoms with E-state index in [0.29, 0.717) is 35.8 Å². The van der Waals surface area contributed by atoms with Gasteiger partial charge in [-0.1, -0.05) is 74.5 Å². The molecule has 0 N–H and O–H groups in total. The minimum Gasteiger partial charge on any atom is -0.493 e. The van der Waals surface area contributed by atoms with Crippen molar-refractivity contribution in [1.29, 1.82) is 0 Å². The Labute approximate surface area is 236 Å². The lowest BCUT2D eigenvalue weighted by Crippen LogP contribution is -2.41. The Balaban J connectivity index is 1.67. The topological polar surface area (TPSA) is 59.1 Å². The quantitative estimate of drug-likeness (QED) is 0.180. The molecule has 0 fully saturated rings. The molecular weight excluding hydrogens is 500 g/mol. The fraction of sp³-hybridized carbons (Fsp3) is 0.235. The number of para-hydroxylation sites is 4. The highest BCUT2D eigenvalue weighted by molar-refractivity contribution is 6.09. The molecule has 0 aliphatic carbocycles. The molecule has 4 rings (SSSR count). The third-order valence-corrected chi connectivity index (χ3v) is 6.33. The molecular formula is C34H36N2O4. The zero-order valence-electron chi connectivity index (χ0n) is 23.2. The molecule has 0 bridgehead atoms. The van der Waals surface area contributed by atoms with Crippen molar-refractivity contribution in [2.45, 2.75) is 26.7 Å². The molecule has 206 valence electrons. The first-order chi connectivity index (χ1) is 19.6. The number of ether oxygens (including phenoxy) is 2. The summed E-state index contributed by atoms with van der Waals surface area (Å²) in [7, 11) is 0. The molecule has 0 aliphatic heterocycles. The Hall–Kier alpha value is -4.58. The van der Waals surface area contributed by atoms with Crippen molar-refractivity contribution in [2.24, 2.45) is 0 Å². The summed E-state index contributed by atoms with van der Waals surface area (Å²) < 4.78 is 11.8. The van der Waals surface area contributed by atoms with Crippen LogP contribution in [0.15, 0.2) is 109 Å². The molecule has 0 heterocycles. The van der Waals surface area contributed by atoms with E-state index in [1.165, 1.54) is 0 Å². The lowest BCUT2D eigenvalue weighted by Gasteiger charge is -2.29. The van der Waals surface area contributed by atoms with Gasteiger partial charge in [0.15, 0.2) is 0 Å². The molecule has 0 radical (unpaired) electrons. The molecule has 0 aliphatic rings. The van der Waals surface area contributed by atoms with E-state index in [9.17, 15) is 9.59 Å². The van der Waals surface area contributed by atoms with Crippen LogP contribution < -0.4 is 19.3 Å². The first kappa shape index (κ1) is 28.4. The number of rotatable bonds is 13. The van der Waals surface area contributed by atoms with Gasteiger partial charge in [-0.3, -0.25) is 9.59 Å². The number of nitrogens with zero attached hydrogens (tertiary/aromatic N) is 2. The molecule has 0 unspecified atom stereocenters. The van der Waals surface area contributed by atoms with Crippen LogP contribution in [0.2, 0.25) is 0 Å². The van der Waals surface area contributed by atoms with E-state index >= 15 is 0 Å². The highest BCUT2D eigenvalue weighted by Gasteiger charge is 2.25. The fourth-order valence-corrected chi connectivity index (χ4v) is 4.36. The molecule has 0 spiro atoms. The third kappa shape index (κ3) is 7.08. The van der Waals surface area contributed by atoms with Gasteiger partial charge in [0, 0.05) is 24.5 Å². The number of carbonyl (C=O) groups is 2. The molecule has 40 heavy (non-hydrogen) atoms. The highest BCUT2D eigenvalue weighted by atomic mass is 16.5. The van der Waals surface area contributed by atoms with Gasteiger partial charge in [0.05, 0.1) is 24.3 Å². The van der Waals surface area contributed by atoms with E-state index in [-0.39, 0.29) is 24.9 Å². The van der Waals surface area contributed by atoms with Crippen LogP contribution in [0.3, 0.4) is 0 Å². The molecule has 2 amide bonds. The Morgan fingerprint density at radius 3 is 1.25 bits per heavy atom. The van der Waals surface area contributed by atoms with Gasteiger partial charge < -0.3 is 19.3 Å². The van der Waals surface area contributed by atoms with Gasteiger partial charge in [0.2, 0.25) is 0 Å². The van der Waals surface area contributed by atoms with Crippen molar-refractivity contribution in [1.82, 2.24) is 0 Å². The predicted molar refractivity (Wildman–Crippen MR) is 161 cm³/mol. The Kier molecular flexibility index (Phi) is 10.3. The van der Waals surface area contributed by atoms with E-state index in [2.05, 4.69) is 0 Å². The minimum absolute atomic E-state index is 0.190. The van der Waals surface area contributed by atoms with Crippen LogP contribution in [-0.4, -0.2) is 38.1 Å². The summed E-state index contributed by atoms with van der Waals surface area (Å²) in [6.07, 6.45) is 1.67. The third-order valence-electron chi connectivity index (χ3n) is 6.33. The average molecular weight is 537 g/mol. The predicted octanol–water partition coefficient (Wildman–Crippen LogP) is 7.26. The summed E-state index contributed by atoms with van der Waals surface area (Å²) in [6, 6.07) is 33.6. The largest absolute Gasteiger partial charge is 0.493 e. The summed E-state index contributed by atoms with van der Waals surface area (Å²) in [5.74, 6) is 0.719. The molecule has 4 aromatic rings. The van der Waals surface area contributed by atoms with E-state index < -0.39 is 0 Å². The Morgan fingerprint density at radius 1 is 0.525 bits per heavy atom. The van der Waals surface area contributed by atoms with E-state index in [0.717, 1.165) is 24.2 Å². The number of hydrogen-bond donors (Lipinski definition) is 0. The molecule has 4 aromatic carbocycles. The first-order valence-electron chi connectivity index (χ1n) is 13.8. The molecule has 0 saturated heterocycles. The highest BCUT2D eigenvalue weighted by Crippen LogP contribution is 2.26. The second kappa shape index (κ2) is 14.5. The van der Waals surface area contributed by atoms with Gasteiger partial charge in [0.25, 0.3) is 11.8 Å².